The molecule has 144 valence electrons. The molecule has 0 spiro atoms. The molecule has 0 N–H and O–H groups in total. The van der Waals surface area contributed by atoms with Gasteiger partial charge in [-0.05, 0) is 67.1 Å². The lowest BCUT2D eigenvalue weighted by molar-refractivity contribution is -0.145. The van der Waals surface area contributed by atoms with Crippen molar-refractivity contribution in [2.75, 3.05) is 6.79 Å². The first kappa shape index (κ1) is 19.4. The maximum absolute atomic E-state index is 12.9. The van der Waals surface area contributed by atoms with Crippen molar-refractivity contribution in [2.45, 2.75) is 20.8 Å². The highest BCUT2D eigenvalue weighted by Gasteiger charge is 2.15. The second-order valence-electron chi connectivity index (χ2n) is 6.89. The molecule has 0 bridgehead atoms. The number of fused-ring (bicyclic) bond motifs is 1. The molecular formula is C23H23NO4. The number of hydrogen-bond acceptors (Lipinski definition) is 4. The zero-order valence-corrected chi connectivity index (χ0v) is 16.5. The highest BCUT2D eigenvalue weighted by Crippen LogP contribution is 2.30. The van der Waals surface area contributed by atoms with Crippen LogP contribution in [0, 0.1) is 13.8 Å². The van der Waals surface area contributed by atoms with Gasteiger partial charge in [-0.25, -0.2) is 4.79 Å². The van der Waals surface area contributed by atoms with E-state index >= 15 is 0 Å². The second-order valence-corrected chi connectivity index (χ2v) is 6.89. The smallest absolute Gasteiger partial charge is 0.335 e. The fourth-order valence-electron chi connectivity index (χ4n) is 3.31. The maximum atomic E-state index is 12.9. The summed E-state index contributed by atoms with van der Waals surface area (Å²) in [5, 5.41) is 1.01. The highest BCUT2D eigenvalue weighted by molar-refractivity contribution is 5.87. The molecule has 0 amide bonds. The van der Waals surface area contributed by atoms with Crippen molar-refractivity contribution in [1.29, 1.82) is 0 Å². The molecule has 1 aromatic heterocycles. The van der Waals surface area contributed by atoms with Crippen LogP contribution in [0.15, 0.2) is 59.4 Å². The summed E-state index contributed by atoms with van der Waals surface area (Å²) in [6, 6.07) is 13.4. The SMILES string of the molecule is C=C(C)C(=O)OCOc1cc(C)c(-c2cc3ccccc3n(C)c2=O)c(C)c1. The summed E-state index contributed by atoms with van der Waals surface area (Å²) in [6.45, 7) is 8.78. The predicted molar refractivity (Wildman–Crippen MR) is 111 cm³/mol. The first-order valence-electron chi connectivity index (χ1n) is 8.95. The lowest BCUT2D eigenvalue weighted by atomic mass is 9.95. The Bertz CT molecular complexity index is 1120. The number of para-hydroxylation sites is 1. The van der Waals surface area contributed by atoms with Gasteiger partial charge in [0.15, 0.2) is 0 Å². The van der Waals surface area contributed by atoms with Crippen molar-refractivity contribution >= 4 is 16.9 Å². The van der Waals surface area contributed by atoms with Gasteiger partial charge in [0, 0.05) is 18.2 Å². The van der Waals surface area contributed by atoms with Gasteiger partial charge in [0.25, 0.3) is 5.56 Å². The zero-order valence-electron chi connectivity index (χ0n) is 16.5. The van der Waals surface area contributed by atoms with Crippen LogP contribution in [0.4, 0.5) is 0 Å². The first-order chi connectivity index (χ1) is 13.3. The minimum Gasteiger partial charge on any atom is -0.457 e. The van der Waals surface area contributed by atoms with E-state index in [2.05, 4.69) is 6.58 Å². The lowest BCUT2D eigenvalue weighted by Crippen LogP contribution is -2.19. The van der Waals surface area contributed by atoms with E-state index in [4.69, 9.17) is 9.47 Å². The van der Waals surface area contributed by atoms with Crippen LogP contribution < -0.4 is 10.3 Å². The molecule has 0 saturated carbocycles. The van der Waals surface area contributed by atoms with Gasteiger partial charge < -0.3 is 14.0 Å². The van der Waals surface area contributed by atoms with E-state index in [1.165, 1.54) is 0 Å². The third-order valence-electron chi connectivity index (χ3n) is 4.67. The summed E-state index contributed by atoms with van der Waals surface area (Å²) in [4.78, 5) is 24.4. The minimum atomic E-state index is -0.496. The van der Waals surface area contributed by atoms with Crippen LogP contribution >= 0.6 is 0 Å². The van der Waals surface area contributed by atoms with E-state index < -0.39 is 5.97 Å². The largest absolute Gasteiger partial charge is 0.457 e. The lowest BCUT2D eigenvalue weighted by Gasteiger charge is -2.15. The number of carbonyl (C=O) groups excluding carboxylic acids is 1. The Morgan fingerprint density at radius 1 is 1.11 bits per heavy atom. The highest BCUT2D eigenvalue weighted by atomic mass is 16.7. The van der Waals surface area contributed by atoms with Crippen molar-refractivity contribution in [3.05, 3.63) is 76.1 Å². The Hall–Kier alpha value is -3.34. The fourth-order valence-corrected chi connectivity index (χ4v) is 3.31. The Kier molecular flexibility index (Phi) is 5.36. The average molecular weight is 377 g/mol. The van der Waals surface area contributed by atoms with Gasteiger partial charge >= 0.3 is 5.97 Å². The molecule has 28 heavy (non-hydrogen) atoms. The van der Waals surface area contributed by atoms with E-state index in [0.29, 0.717) is 16.9 Å². The molecule has 2 aromatic carbocycles. The predicted octanol–water partition coefficient (Wildman–Crippen LogP) is 4.28. The minimum absolute atomic E-state index is 0.0473. The Morgan fingerprint density at radius 2 is 1.75 bits per heavy atom. The van der Waals surface area contributed by atoms with Crippen molar-refractivity contribution in [2.24, 2.45) is 7.05 Å². The third kappa shape index (κ3) is 3.69. The van der Waals surface area contributed by atoms with Crippen LogP contribution in [0.25, 0.3) is 22.0 Å². The van der Waals surface area contributed by atoms with Crippen LogP contribution in [0.2, 0.25) is 0 Å². The molecule has 0 atom stereocenters. The Balaban J connectivity index is 1.97. The monoisotopic (exact) mass is 377 g/mol. The van der Waals surface area contributed by atoms with E-state index in [0.717, 1.165) is 27.6 Å². The number of ether oxygens (including phenoxy) is 2. The quantitative estimate of drug-likeness (QED) is 0.378. The Labute approximate surface area is 163 Å². The van der Waals surface area contributed by atoms with Crippen molar-refractivity contribution < 1.29 is 14.3 Å². The van der Waals surface area contributed by atoms with Crippen LogP contribution in [0.1, 0.15) is 18.1 Å². The van der Waals surface area contributed by atoms with Crippen LogP contribution in [0.5, 0.6) is 5.75 Å². The van der Waals surface area contributed by atoms with Gasteiger partial charge in [0.1, 0.15) is 5.75 Å². The van der Waals surface area contributed by atoms with Crippen LogP contribution in [-0.4, -0.2) is 17.3 Å². The van der Waals surface area contributed by atoms with Crippen molar-refractivity contribution in [1.82, 2.24) is 4.57 Å². The summed E-state index contributed by atoms with van der Waals surface area (Å²) >= 11 is 0. The van der Waals surface area contributed by atoms with Crippen molar-refractivity contribution in [3.63, 3.8) is 0 Å². The maximum Gasteiger partial charge on any atom is 0.335 e. The first-order valence-corrected chi connectivity index (χ1v) is 8.95. The number of benzene rings is 2. The van der Waals surface area contributed by atoms with Gasteiger partial charge in [-0.2, -0.15) is 0 Å². The molecule has 0 aliphatic rings. The number of hydrogen-bond donors (Lipinski definition) is 0. The van der Waals surface area contributed by atoms with E-state index in [1.54, 1.807) is 18.5 Å². The fraction of sp³-hybridized carbons (Fsp3) is 0.217. The number of rotatable bonds is 5. The number of aromatic nitrogens is 1. The summed E-state index contributed by atoms with van der Waals surface area (Å²) in [5.41, 5.74) is 4.52. The molecule has 0 fully saturated rings. The molecule has 3 rings (SSSR count). The van der Waals surface area contributed by atoms with Gasteiger partial charge in [-0.15, -0.1) is 0 Å². The van der Waals surface area contributed by atoms with Gasteiger partial charge in [-0.3, -0.25) is 4.79 Å². The molecule has 0 saturated heterocycles. The standard InChI is InChI=1S/C23H23NO4/c1-14(2)23(26)28-13-27-18-10-15(3)21(16(4)11-18)19-12-17-8-6-7-9-20(17)24(5)22(19)25/h6-12H,1,13H2,2-5H3. The van der Waals surface area contributed by atoms with E-state index in [-0.39, 0.29) is 12.4 Å². The third-order valence-corrected chi connectivity index (χ3v) is 4.67. The topological polar surface area (TPSA) is 57.5 Å². The number of pyridine rings is 1. The molecule has 5 nitrogen and oxygen atoms in total. The molecule has 3 aromatic rings. The van der Waals surface area contributed by atoms with Crippen molar-refractivity contribution in [3.8, 4) is 16.9 Å². The second kappa shape index (κ2) is 7.72. The summed E-state index contributed by atoms with van der Waals surface area (Å²) in [6.07, 6.45) is 0. The summed E-state index contributed by atoms with van der Waals surface area (Å²) in [5.74, 6) is 0.0793. The molecule has 1 heterocycles. The molecule has 5 heteroatoms. The van der Waals surface area contributed by atoms with Gasteiger partial charge in [-0.1, -0.05) is 24.8 Å². The number of carbonyl (C=O) groups is 1. The molecule has 0 aliphatic carbocycles. The molecule has 0 radical (unpaired) electrons. The Morgan fingerprint density at radius 3 is 2.39 bits per heavy atom. The summed E-state index contributed by atoms with van der Waals surface area (Å²) in [7, 11) is 1.78. The number of nitrogens with zero attached hydrogens (tertiary/aromatic N) is 1. The average Bonchev–Trinajstić information content (AvgIpc) is 2.65. The number of aryl methyl sites for hydroxylation is 3. The van der Waals surface area contributed by atoms with Crippen LogP contribution in [0.3, 0.4) is 0 Å². The molecular weight excluding hydrogens is 354 g/mol. The van der Waals surface area contributed by atoms with Gasteiger partial charge in [0.2, 0.25) is 6.79 Å². The molecule has 0 aliphatic heterocycles. The normalized spacial score (nSPS) is 10.7. The zero-order chi connectivity index (χ0) is 20.4. The van der Waals surface area contributed by atoms with E-state index in [1.807, 2.05) is 56.3 Å². The molecule has 0 unspecified atom stereocenters. The number of esters is 1. The van der Waals surface area contributed by atoms with Gasteiger partial charge in [0.05, 0.1) is 5.52 Å². The summed E-state index contributed by atoms with van der Waals surface area (Å²) < 4.78 is 12.2. The van der Waals surface area contributed by atoms with Crippen LogP contribution in [-0.2, 0) is 16.6 Å². The van der Waals surface area contributed by atoms with E-state index in [9.17, 15) is 9.59 Å².